The van der Waals surface area contributed by atoms with E-state index in [1.165, 1.54) is 4.68 Å². The van der Waals surface area contributed by atoms with Gasteiger partial charge in [-0.3, -0.25) is 4.79 Å². The number of halogens is 2. The average Bonchev–Trinajstić information content (AvgIpc) is 3.31. The molecule has 0 bridgehead atoms. The fourth-order valence-corrected chi connectivity index (χ4v) is 3.67. The number of primary amides is 1. The molecule has 4 aromatic rings. The number of amides is 1. The monoisotopic (exact) mass is 508 g/mol. The van der Waals surface area contributed by atoms with Crippen LogP contribution in [0.4, 0.5) is 15.8 Å². The molecule has 0 saturated heterocycles. The Morgan fingerprint density at radius 2 is 2.19 bits per heavy atom. The molecular formula is C24H20ClFN7O3. The first-order valence-electron chi connectivity index (χ1n) is 10.8. The maximum absolute atomic E-state index is 12.4. The summed E-state index contributed by atoms with van der Waals surface area (Å²) in [4.78, 5) is 16.3. The summed E-state index contributed by atoms with van der Waals surface area (Å²) in [6, 6.07) is 13.2. The van der Waals surface area contributed by atoms with Crippen LogP contribution in [0.25, 0.3) is 10.9 Å². The Hall–Kier alpha value is -4.43. The summed E-state index contributed by atoms with van der Waals surface area (Å²) in [6.07, 6.45) is 1.59. The number of ether oxygens (including phenoxy) is 2. The van der Waals surface area contributed by atoms with Gasteiger partial charge in [0.1, 0.15) is 47.8 Å². The predicted molar refractivity (Wildman–Crippen MR) is 130 cm³/mol. The van der Waals surface area contributed by atoms with E-state index in [0.29, 0.717) is 46.1 Å². The lowest BCUT2D eigenvalue weighted by Gasteiger charge is -2.15. The number of nitriles is 1. The van der Waals surface area contributed by atoms with Crippen LogP contribution < -0.4 is 20.5 Å². The normalized spacial score (nSPS) is 10.7. The number of aryl methyl sites for hydroxylation is 1. The Morgan fingerprint density at radius 1 is 1.36 bits per heavy atom. The smallest absolute Gasteiger partial charge is 0.268 e. The van der Waals surface area contributed by atoms with Gasteiger partial charge < -0.3 is 20.5 Å². The van der Waals surface area contributed by atoms with Crippen LogP contribution in [0.2, 0.25) is 5.02 Å². The zero-order valence-electron chi connectivity index (χ0n) is 19.1. The number of nitrogens with zero attached hydrogens (tertiary/aromatic N) is 5. The third-order valence-electron chi connectivity index (χ3n) is 5.01. The number of fused-ring (bicyclic) bond motifs is 1. The van der Waals surface area contributed by atoms with Crippen molar-refractivity contribution in [2.75, 3.05) is 18.6 Å². The van der Waals surface area contributed by atoms with Gasteiger partial charge in [-0.1, -0.05) is 16.8 Å². The number of hydrogen-bond donors (Lipinski definition) is 2. The van der Waals surface area contributed by atoms with Crippen LogP contribution in [-0.2, 0) is 13.2 Å². The van der Waals surface area contributed by atoms with Crippen molar-refractivity contribution in [3.05, 3.63) is 64.6 Å². The van der Waals surface area contributed by atoms with Crippen LogP contribution in [0.5, 0.6) is 11.5 Å². The zero-order chi connectivity index (χ0) is 25.7. The van der Waals surface area contributed by atoms with Crippen molar-refractivity contribution < 1.29 is 18.7 Å². The molecule has 1 radical (unpaired) electrons. The summed E-state index contributed by atoms with van der Waals surface area (Å²) in [5.41, 5.74) is 7.08. The molecule has 0 spiro atoms. The molecule has 10 nitrogen and oxygen atoms in total. The maximum Gasteiger partial charge on any atom is 0.268 e. The Morgan fingerprint density at radius 3 is 2.89 bits per heavy atom. The molecule has 2 aromatic heterocycles. The summed E-state index contributed by atoms with van der Waals surface area (Å²) in [7, 11) is 0. The van der Waals surface area contributed by atoms with Crippen LogP contribution >= 0.6 is 11.6 Å². The lowest BCUT2D eigenvalue weighted by molar-refractivity contribution is 0.0995. The number of aromatic nitrogens is 4. The highest BCUT2D eigenvalue weighted by Gasteiger charge is 2.20. The summed E-state index contributed by atoms with van der Waals surface area (Å²) in [5, 5.41) is 21.5. The number of alkyl halides is 1. The van der Waals surface area contributed by atoms with E-state index in [9.17, 15) is 14.4 Å². The van der Waals surface area contributed by atoms with Gasteiger partial charge in [0.15, 0.2) is 0 Å². The molecule has 0 aliphatic heterocycles. The molecule has 0 fully saturated rings. The molecular weight excluding hydrogens is 489 g/mol. The topological polar surface area (TPSA) is 141 Å². The summed E-state index contributed by atoms with van der Waals surface area (Å²) >= 11 is 6.42. The molecule has 0 unspecified atom stereocenters. The van der Waals surface area contributed by atoms with Crippen molar-refractivity contribution in [1.82, 2.24) is 20.0 Å². The molecule has 183 valence electrons. The van der Waals surface area contributed by atoms with E-state index in [1.54, 1.807) is 36.5 Å². The highest BCUT2D eigenvalue weighted by atomic mass is 35.5. The van der Waals surface area contributed by atoms with Gasteiger partial charge in [-0.25, -0.2) is 14.1 Å². The van der Waals surface area contributed by atoms with Crippen LogP contribution in [-0.4, -0.2) is 39.2 Å². The Kier molecular flexibility index (Phi) is 7.46. The van der Waals surface area contributed by atoms with Gasteiger partial charge in [0.2, 0.25) is 0 Å². The first kappa shape index (κ1) is 24.7. The lowest BCUT2D eigenvalue weighted by Crippen LogP contribution is -2.16. The zero-order valence-corrected chi connectivity index (χ0v) is 19.8. The second kappa shape index (κ2) is 10.9. The third-order valence-corrected chi connectivity index (χ3v) is 5.31. The minimum Gasteiger partial charge on any atom is -0.493 e. The van der Waals surface area contributed by atoms with E-state index in [1.807, 2.05) is 13.0 Å². The van der Waals surface area contributed by atoms with Gasteiger partial charge in [0, 0.05) is 23.2 Å². The average molecular weight is 509 g/mol. The van der Waals surface area contributed by atoms with Crippen molar-refractivity contribution >= 4 is 39.8 Å². The summed E-state index contributed by atoms with van der Waals surface area (Å²) < 4.78 is 25.0. The van der Waals surface area contributed by atoms with Crippen molar-refractivity contribution in [2.45, 2.75) is 20.1 Å². The summed E-state index contributed by atoms with van der Waals surface area (Å²) in [6.45, 7) is 1.92. The number of nitrogens with two attached hydrogens (primary N) is 1. The molecule has 3 N–H and O–H groups in total. The second-order valence-electron chi connectivity index (χ2n) is 7.44. The van der Waals surface area contributed by atoms with Crippen LogP contribution in [0, 0.1) is 17.4 Å². The molecule has 2 aromatic carbocycles. The highest BCUT2D eigenvalue weighted by Crippen LogP contribution is 2.35. The fourth-order valence-electron chi connectivity index (χ4n) is 3.43. The minimum absolute atomic E-state index is 0.0135. The van der Waals surface area contributed by atoms with Crippen LogP contribution in [0.1, 0.15) is 28.7 Å². The first-order chi connectivity index (χ1) is 17.4. The molecule has 0 atom stereocenters. The van der Waals surface area contributed by atoms with E-state index in [2.05, 4.69) is 26.7 Å². The number of carbonyl (C=O) groups is 1. The quantitative estimate of drug-likeness (QED) is 0.328. The number of nitrogens with one attached hydrogen (secondary N) is 1. The largest absolute Gasteiger partial charge is 0.493 e. The number of carbonyl (C=O) groups excluding carboxylic acids is 1. The van der Waals surface area contributed by atoms with Gasteiger partial charge in [-0.05, 0) is 31.2 Å². The number of rotatable bonds is 10. The standard InChI is InChI=1S/C24H20ClFN7O3/c1-2-35-16-4-5-17-20(10-16)30-23(24(28)34)18(11-27)22(17)29-14-3-6-21(19(25)9-14)36-13-15-12-33(8-7-26)32-31-15/h3,5-6,9-10,12H,2,7-8,13H2,1H3,(H2,28,34)(H,29,30). The summed E-state index contributed by atoms with van der Waals surface area (Å²) in [5.74, 6) is -0.0137. The Bertz CT molecular complexity index is 1470. The number of benzene rings is 2. The first-order valence-corrected chi connectivity index (χ1v) is 11.2. The van der Waals surface area contributed by atoms with E-state index in [0.717, 1.165) is 0 Å². The Labute approximate surface area is 210 Å². The van der Waals surface area contributed by atoms with Crippen molar-refractivity contribution in [2.24, 2.45) is 5.73 Å². The maximum atomic E-state index is 12.4. The molecule has 0 aliphatic carbocycles. The van der Waals surface area contributed by atoms with E-state index in [4.69, 9.17) is 26.8 Å². The van der Waals surface area contributed by atoms with E-state index < -0.39 is 12.6 Å². The predicted octanol–water partition coefficient (Wildman–Crippen LogP) is 3.94. The SMILES string of the molecule is CCOc1[c]cc2c(Nc3ccc(OCc4cn(CCF)nn4)c(Cl)c3)c(C#N)c(C(N)=O)nc2c1. The second-order valence-corrected chi connectivity index (χ2v) is 7.84. The van der Waals surface area contributed by atoms with E-state index in [-0.39, 0.29) is 29.4 Å². The fraction of sp³-hybridized carbons (Fsp3) is 0.208. The van der Waals surface area contributed by atoms with Crippen molar-refractivity contribution in [3.63, 3.8) is 0 Å². The molecule has 2 heterocycles. The highest BCUT2D eigenvalue weighted by molar-refractivity contribution is 6.32. The van der Waals surface area contributed by atoms with Crippen molar-refractivity contribution in [1.29, 1.82) is 5.26 Å². The number of pyridine rings is 1. The number of anilines is 2. The van der Waals surface area contributed by atoms with E-state index >= 15 is 0 Å². The van der Waals surface area contributed by atoms with Gasteiger partial charge in [-0.15, -0.1) is 5.10 Å². The molecule has 4 rings (SSSR count). The molecule has 36 heavy (non-hydrogen) atoms. The van der Waals surface area contributed by atoms with Crippen molar-refractivity contribution in [3.8, 4) is 17.6 Å². The van der Waals surface area contributed by atoms with Gasteiger partial charge in [-0.2, -0.15) is 5.26 Å². The molecule has 0 aliphatic rings. The lowest BCUT2D eigenvalue weighted by atomic mass is 10.0. The Balaban J connectivity index is 1.63. The van der Waals surface area contributed by atoms with Gasteiger partial charge in [0.25, 0.3) is 5.91 Å². The van der Waals surface area contributed by atoms with Crippen LogP contribution in [0.15, 0.2) is 36.5 Å². The van der Waals surface area contributed by atoms with Gasteiger partial charge >= 0.3 is 0 Å². The minimum atomic E-state index is -0.840. The molecule has 1 amide bonds. The van der Waals surface area contributed by atoms with Crippen LogP contribution in [0.3, 0.4) is 0 Å². The molecule has 12 heteroatoms. The van der Waals surface area contributed by atoms with Gasteiger partial charge in [0.05, 0.1) is 35.6 Å². The number of hydrogen-bond acceptors (Lipinski definition) is 8. The third kappa shape index (κ3) is 5.29. The molecule has 0 saturated carbocycles.